The van der Waals surface area contributed by atoms with Crippen molar-refractivity contribution in [2.45, 2.75) is 23.9 Å². The van der Waals surface area contributed by atoms with Gasteiger partial charge in [0.1, 0.15) is 0 Å². The van der Waals surface area contributed by atoms with Crippen LogP contribution in [0.5, 0.6) is 0 Å². The van der Waals surface area contributed by atoms with Gasteiger partial charge in [0.25, 0.3) is 10.0 Å². The first-order valence-electron chi connectivity index (χ1n) is 5.82. The van der Waals surface area contributed by atoms with E-state index < -0.39 is 10.0 Å². The van der Waals surface area contributed by atoms with E-state index >= 15 is 0 Å². The van der Waals surface area contributed by atoms with E-state index in [-0.39, 0.29) is 16.1 Å². The van der Waals surface area contributed by atoms with Gasteiger partial charge in [0.05, 0.1) is 11.2 Å². The first-order chi connectivity index (χ1) is 8.48. The maximum Gasteiger partial charge on any atom is 0.262 e. The van der Waals surface area contributed by atoms with Crippen LogP contribution in [-0.4, -0.2) is 48.7 Å². The zero-order valence-corrected chi connectivity index (χ0v) is 12.0. The van der Waals surface area contributed by atoms with Crippen molar-refractivity contribution in [1.29, 1.82) is 0 Å². The lowest BCUT2D eigenvalue weighted by Crippen LogP contribution is -2.41. The average molecular weight is 293 g/mol. The molecule has 102 valence electrons. The van der Waals surface area contributed by atoms with Crippen molar-refractivity contribution in [3.8, 4) is 0 Å². The molecule has 1 aromatic rings. The normalized spacial score (nSPS) is 21.6. The number of nitrogens with zero attached hydrogens (tertiary/aromatic N) is 3. The lowest BCUT2D eigenvalue weighted by molar-refractivity contribution is 0.375. The molecule has 1 aliphatic heterocycles. The predicted molar refractivity (Wildman–Crippen MR) is 69.1 cm³/mol. The third-order valence-corrected chi connectivity index (χ3v) is 5.62. The van der Waals surface area contributed by atoms with Gasteiger partial charge in [-0.3, -0.25) is 4.68 Å². The van der Waals surface area contributed by atoms with Crippen molar-refractivity contribution in [3.63, 3.8) is 0 Å². The van der Waals surface area contributed by atoms with E-state index in [1.807, 2.05) is 7.05 Å². The Morgan fingerprint density at radius 1 is 1.61 bits per heavy atom. The molecule has 1 aromatic heterocycles. The predicted octanol–water partition coefficient (Wildman–Crippen LogP) is 0.446. The molecule has 1 saturated heterocycles. The van der Waals surface area contributed by atoms with Gasteiger partial charge in [-0.2, -0.15) is 9.40 Å². The summed E-state index contributed by atoms with van der Waals surface area (Å²) < 4.78 is 28.0. The molecule has 0 spiro atoms. The number of hydrogen-bond donors (Lipinski definition) is 1. The number of aromatic nitrogens is 2. The maximum atomic E-state index is 12.6. The molecule has 0 radical (unpaired) electrons. The molecule has 1 unspecified atom stereocenters. The Balaban J connectivity index is 2.37. The van der Waals surface area contributed by atoms with Crippen molar-refractivity contribution >= 4 is 21.6 Å². The SMILES string of the molecule is CNCC1CCCN1S(=O)(=O)c1c(Cl)cnn1C. The highest BCUT2D eigenvalue weighted by atomic mass is 35.5. The summed E-state index contributed by atoms with van der Waals surface area (Å²) in [7, 11) is -0.161. The summed E-state index contributed by atoms with van der Waals surface area (Å²) >= 11 is 5.93. The molecule has 1 N–H and O–H groups in total. The number of sulfonamides is 1. The minimum Gasteiger partial charge on any atom is -0.318 e. The molecule has 6 nitrogen and oxygen atoms in total. The highest BCUT2D eigenvalue weighted by molar-refractivity contribution is 7.89. The molecule has 18 heavy (non-hydrogen) atoms. The van der Waals surface area contributed by atoms with Gasteiger partial charge in [0.2, 0.25) is 0 Å². The largest absolute Gasteiger partial charge is 0.318 e. The first-order valence-corrected chi connectivity index (χ1v) is 7.64. The summed E-state index contributed by atoms with van der Waals surface area (Å²) in [6.45, 7) is 1.19. The van der Waals surface area contributed by atoms with E-state index in [9.17, 15) is 8.42 Å². The van der Waals surface area contributed by atoms with Crippen LogP contribution in [0.1, 0.15) is 12.8 Å². The van der Waals surface area contributed by atoms with Crippen LogP contribution in [0, 0.1) is 0 Å². The van der Waals surface area contributed by atoms with Crippen LogP contribution < -0.4 is 5.32 Å². The summed E-state index contributed by atoms with van der Waals surface area (Å²) in [5.74, 6) is 0. The van der Waals surface area contributed by atoms with Crippen LogP contribution in [0.15, 0.2) is 11.2 Å². The van der Waals surface area contributed by atoms with E-state index in [0.29, 0.717) is 13.1 Å². The highest BCUT2D eigenvalue weighted by Crippen LogP contribution is 2.29. The third kappa shape index (κ3) is 2.27. The fourth-order valence-electron chi connectivity index (χ4n) is 2.37. The Morgan fingerprint density at radius 2 is 2.33 bits per heavy atom. The molecule has 2 rings (SSSR count). The Hall–Kier alpha value is -0.630. The fraction of sp³-hybridized carbons (Fsp3) is 0.700. The summed E-state index contributed by atoms with van der Waals surface area (Å²) in [6.07, 6.45) is 3.11. The average Bonchev–Trinajstić information content (AvgIpc) is 2.87. The molecule has 0 aliphatic carbocycles. The molecular formula is C10H17ClN4O2S. The minimum atomic E-state index is -3.57. The first kappa shape index (κ1) is 13.8. The van der Waals surface area contributed by atoms with Gasteiger partial charge >= 0.3 is 0 Å². The van der Waals surface area contributed by atoms with E-state index in [4.69, 9.17) is 11.6 Å². The number of hydrogen-bond acceptors (Lipinski definition) is 4. The Morgan fingerprint density at radius 3 is 2.89 bits per heavy atom. The van der Waals surface area contributed by atoms with Gasteiger partial charge in [-0.25, -0.2) is 8.42 Å². The van der Waals surface area contributed by atoms with E-state index in [2.05, 4.69) is 10.4 Å². The third-order valence-electron chi connectivity index (χ3n) is 3.16. The van der Waals surface area contributed by atoms with Crippen LogP contribution >= 0.6 is 11.6 Å². The molecule has 2 heterocycles. The van der Waals surface area contributed by atoms with Gasteiger partial charge in [-0.1, -0.05) is 11.6 Å². The van der Waals surface area contributed by atoms with E-state index in [1.165, 1.54) is 15.2 Å². The Bertz CT molecular complexity index is 508. The molecule has 0 saturated carbocycles. The van der Waals surface area contributed by atoms with Crippen LogP contribution in [-0.2, 0) is 17.1 Å². The summed E-state index contributed by atoms with van der Waals surface area (Å²) in [5, 5.41) is 7.16. The number of rotatable bonds is 4. The molecule has 1 aliphatic rings. The lowest BCUT2D eigenvalue weighted by Gasteiger charge is -2.23. The second-order valence-electron chi connectivity index (χ2n) is 4.39. The quantitative estimate of drug-likeness (QED) is 0.875. The van der Waals surface area contributed by atoms with Gasteiger partial charge in [-0.15, -0.1) is 0 Å². The zero-order valence-electron chi connectivity index (χ0n) is 10.4. The number of nitrogens with one attached hydrogen (secondary N) is 1. The second-order valence-corrected chi connectivity index (χ2v) is 6.60. The van der Waals surface area contributed by atoms with Gasteiger partial charge in [-0.05, 0) is 19.9 Å². The van der Waals surface area contributed by atoms with Crippen molar-refractivity contribution in [1.82, 2.24) is 19.4 Å². The van der Waals surface area contributed by atoms with Crippen molar-refractivity contribution in [3.05, 3.63) is 11.2 Å². The van der Waals surface area contributed by atoms with Crippen molar-refractivity contribution in [2.75, 3.05) is 20.1 Å². The van der Waals surface area contributed by atoms with Crippen LogP contribution in [0.4, 0.5) is 0 Å². The highest BCUT2D eigenvalue weighted by Gasteiger charge is 2.37. The Labute approximate surface area is 112 Å². The van der Waals surface area contributed by atoms with E-state index in [0.717, 1.165) is 12.8 Å². The second kappa shape index (κ2) is 5.16. The molecule has 0 bridgehead atoms. The summed E-state index contributed by atoms with van der Waals surface area (Å²) in [4.78, 5) is 0. The zero-order chi connectivity index (χ0) is 13.3. The number of aryl methyl sites for hydroxylation is 1. The standard InChI is InChI=1S/C10H17ClN4O2S/c1-12-6-8-4-3-5-15(8)18(16,17)10-9(11)7-13-14(10)2/h7-8,12H,3-6H2,1-2H3. The minimum absolute atomic E-state index is 0.00836. The topological polar surface area (TPSA) is 67.2 Å². The maximum absolute atomic E-state index is 12.6. The van der Waals surface area contributed by atoms with Gasteiger partial charge in [0.15, 0.2) is 5.03 Å². The van der Waals surface area contributed by atoms with Crippen LogP contribution in [0.3, 0.4) is 0 Å². The Kier molecular flexibility index (Phi) is 3.96. The van der Waals surface area contributed by atoms with Gasteiger partial charge in [0, 0.05) is 26.2 Å². The monoisotopic (exact) mass is 292 g/mol. The number of halogens is 1. The van der Waals surface area contributed by atoms with E-state index in [1.54, 1.807) is 7.05 Å². The number of likely N-dealkylation sites (N-methyl/N-ethyl adjacent to an activating group) is 1. The summed E-state index contributed by atoms with van der Waals surface area (Å²) in [6, 6.07) is -0.00836. The van der Waals surface area contributed by atoms with Crippen LogP contribution in [0.25, 0.3) is 0 Å². The molecule has 0 aromatic carbocycles. The molecule has 1 atom stereocenters. The fourth-order valence-corrected chi connectivity index (χ4v) is 4.67. The smallest absolute Gasteiger partial charge is 0.262 e. The van der Waals surface area contributed by atoms with Crippen LogP contribution in [0.2, 0.25) is 5.02 Å². The lowest BCUT2D eigenvalue weighted by atomic mass is 10.2. The summed E-state index contributed by atoms with van der Waals surface area (Å²) in [5.41, 5.74) is 0. The molecular weight excluding hydrogens is 276 g/mol. The molecule has 1 fully saturated rings. The van der Waals surface area contributed by atoms with Crippen molar-refractivity contribution < 1.29 is 8.42 Å². The van der Waals surface area contributed by atoms with Crippen molar-refractivity contribution in [2.24, 2.45) is 7.05 Å². The molecule has 8 heteroatoms. The van der Waals surface area contributed by atoms with Gasteiger partial charge < -0.3 is 5.32 Å². The molecule has 0 amide bonds.